The minimum atomic E-state index is -4.56. The Morgan fingerprint density at radius 2 is 1.92 bits per heavy atom. The van der Waals surface area contributed by atoms with E-state index >= 15 is 4.39 Å². The molecule has 0 bridgehead atoms. The van der Waals surface area contributed by atoms with Gasteiger partial charge in [0.25, 0.3) is 5.91 Å². The molecule has 50 heavy (non-hydrogen) atoms. The number of benzene rings is 1. The van der Waals surface area contributed by atoms with Gasteiger partial charge in [0.05, 0.1) is 23.7 Å². The highest BCUT2D eigenvalue weighted by Crippen LogP contribution is 2.38. The number of imide groups is 1. The van der Waals surface area contributed by atoms with E-state index in [2.05, 4.69) is 35.8 Å². The zero-order valence-corrected chi connectivity index (χ0v) is 27.6. The Morgan fingerprint density at radius 3 is 2.56 bits per heavy atom. The molecule has 3 aromatic rings. The van der Waals surface area contributed by atoms with Gasteiger partial charge in [0.2, 0.25) is 11.8 Å². The van der Waals surface area contributed by atoms with Gasteiger partial charge in [0.15, 0.2) is 17.5 Å². The number of hydrogen-bond donors (Lipinski definition) is 4. The summed E-state index contributed by atoms with van der Waals surface area (Å²) in [7, 11) is 0. The Hall–Kier alpha value is -5.35. The van der Waals surface area contributed by atoms with E-state index in [0.29, 0.717) is 49.4 Å². The van der Waals surface area contributed by atoms with E-state index in [0.717, 1.165) is 25.6 Å². The number of H-pyrrole nitrogens is 1. The number of piperidine rings is 2. The molecule has 1 aromatic carbocycles. The van der Waals surface area contributed by atoms with Crippen molar-refractivity contribution in [1.82, 2.24) is 30.8 Å². The summed E-state index contributed by atoms with van der Waals surface area (Å²) in [6, 6.07) is 6.60. The first-order valence-corrected chi connectivity index (χ1v) is 15.9. The van der Waals surface area contributed by atoms with E-state index in [9.17, 15) is 27.6 Å². The first kappa shape index (κ1) is 35.9. The lowest BCUT2D eigenvalue weighted by molar-refractivity contribution is -0.182. The molecule has 0 radical (unpaired) electrons. The van der Waals surface area contributed by atoms with E-state index in [1.54, 1.807) is 12.1 Å². The molecule has 0 spiro atoms. The normalized spacial score (nSPS) is 18.0. The van der Waals surface area contributed by atoms with E-state index in [1.807, 2.05) is 17.9 Å². The monoisotopic (exact) mass is 699 g/mol. The maximum atomic E-state index is 15.1. The van der Waals surface area contributed by atoms with Crippen molar-refractivity contribution in [2.45, 2.75) is 76.6 Å². The number of nitrogens with zero attached hydrogens (tertiary/aromatic N) is 5. The van der Waals surface area contributed by atoms with Crippen LogP contribution in [0.5, 0.6) is 5.75 Å². The third-order valence-electron chi connectivity index (χ3n) is 8.70. The Balaban J connectivity index is 1.11. The van der Waals surface area contributed by atoms with Crippen molar-refractivity contribution < 1.29 is 36.7 Å². The van der Waals surface area contributed by atoms with Crippen LogP contribution in [0.4, 0.5) is 29.1 Å². The number of anilines is 1. The number of nitrogens with one attached hydrogen (secondary N) is 3. The molecule has 2 saturated heterocycles. The quantitative estimate of drug-likeness (QED) is 0.106. The zero-order chi connectivity index (χ0) is 36.2. The summed E-state index contributed by atoms with van der Waals surface area (Å²) in [6.07, 6.45) is 0.891. The Labute approximate surface area is 284 Å². The summed E-state index contributed by atoms with van der Waals surface area (Å²) in [4.78, 5) is 50.6. The van der Waals surface area contributed by atoms with Crippen molar-refractivity contribution >= 4 is 35.4 Å². The molecule has 2 aliphatic heterocycles. The number of aryl methyl sites for hydroxylation is 1. The summed E-state index contributed by atoms with van der Waals surface area (Å²) >= 11 is 0. The van der Waals surface area contributed by atoms with Gasteiger partial charge >= 0.3 is 6.18 Å². The SMILES string of the molecule is Cc1cc(OC2CCN(c3ncc(C4CCC(=O)NC4=O)cc3F)CC2)ccc1N=C/C(=C\N)C(=O)NCc1nc(C(C)(C)C(F)(F)F)n[nH]1. The maximum Gasteiger partial charge on any atom is 0.401 e. The fraction of sp³-hybridized carbons (Fsp3) is 0.424. The summed E-state index contributed by atoms with van der Waals surface area (Å²) in [5.41, 5.74) is 5.13. The number of halogens is 4. The zero-order valence-electron chi connectivity index (χ0n) is 27.6. The smallest absolute Gasteiger partial charge is 0.401 e. The number of carbonyl (C=O) groups excluding carboxylic acids is 3. The molecule has 2 aromatic heterocycles. The number of amides is 3. The van der Waals surface area contributed by atoms with Gasteiger partial charge in [0.1, 0.15) is 23.1 Å². The molecule has 3 amide bonds. The van der Waals surface area contributed by atoms with Crippen molar-refractivity contribution in [1.29, 1.82) is 0 Å². The second-order valence-electron chi connectivity index (χ2n) is 12.6. The molecule has 0 saturated carbocycles. The largest absolute Gasteiger partial charge is 0.490 e. The van der Waals surface area contributed by atoms with Crippen LogP contribution in [0.2, 0.25) is 0 Å². The second-order valence-corrected chi connectivity index (χ2v) is 12.6. The predicted octanol–water partition coefficient (Wildman–Crippen LogP) is 3.92. The van der Waals surface area contributed by atoms with Crippen molar-refractivity contribution in [3.63, 3.8) is 0 Å². The molecule has 5 N–H and O–H groups in total. The van der Waals surface area contributed by atoms with Crippen LogP contribution in [0.25, 0.3) is 0 Å². The molecule has 13 nitrogen and oxygen atoms in total. The number of ether oxygens (including phenoxy) is 1. The number of alkyl halides is 3. The van der Waals surface area contributed by atoms with Crippen LogP contribution < -0.4 is 26.0 Å². The second kappa shape index (κ2) is 14.6. The van der Waals surface area contributed by atoms with Crippen LogP contribution in [0.1, 0.15) is 68.2 Å². The highest BCUT2D eigenvalue weighted by atomic mass is 19.4. The van der Waals surface area contributed by atoms with Gasteiger partial charge in [-0.2, -0.15) is 18.3 Å². The molecule has 2 aliphatic rings. The third kappa shape index (κ3) is 8.09. The lowest BCUT2D eigenvalue weighted by Gasteiger charge is -2.33. The number of pyridine rings is 1. The van der Waals surface area contributed by atoms with Gasteiger partial charge in [-0.1, -0.05) is 0 Å². The average Bonchev–Trinajstić information content (AvgIpc) is 3.55. The predicted molar refractivity (Wildman–Crippen MR) is 174 cm³/mol. The molecule has 4 heterocycles. The number of carbonyl (C=O) groups is 3. The lowest BCUT2D eigenvalue weighted by atomic mass is 9.91. The summed E-state index contributed by atoms with van der Waals surface area (Å²) in [5.74, 6) is -2.12. The lowest BCUT2D eigenvalue weighted by Crippen LogP contribution is -2.40. The number of aromatic nitrogens is 4. The van der Waals surface area contributed by atoms with E-state index in [1.165, 1.54) is 18.5 Å². The highest BCUT2D eigenvalue weighted by molar-refractivity contribution is 6.12. The number of aliphatic imine (C=N–C) groups is 1. The van der Waals surface area contributed by atoms with Gasteiger partial charge in [-0.25, -0.2) is 14.4 Å². The van der Waals surface area contributed by atoms with Crippen LogP contribution in [0.3, 0.4) is 0 Å². The van der Waals surface area contributed by atoms with E-state index in [4.69, 9.17) is 10.5 Å². The van der Waals surface area contributed by atoms with Crippen LogP contribution in [0.15, 0.2) is 47.2 Å². The van der Waals surface area contributed by atoms with Gasteiger partial charge in [0, 0.05) is 51.0 Å². The molecular weight excluding hydrogens is 662 g/mol. The van der Waals surface area contributed by atoms with Crippen LogP contribution in [-0.4, -0.2) is 69.5 Å². The molecule has 2 fully saturated rings. The fourth-order valence-corrected chi connectivity index (χ4v) is 5.47. The minimum Gasteiger partial charge on any atom is -0.490 e. The maximum absolute atomic E-state index is 15.1. The van der Waals surface area contributed by atoms with Crippen molar-refractivity contribution in [2.75, 3.05) is 18.0 Å². The van der Waals surface area contributed by atoms with Gasteiger partial charge < -0.3 is 20.7 Å². The topological polar surface area (TPSA) is 181 Å². The molecule has 17 heteroatoms. The first-order valence-electron chi connectivity index (χ1n) is 15.9. The Kier molecular flexibility index (Phi) is 10.5. The van der Waals surface area contributed by atoms with E-state index < -0.39 is 41.0 Å². The van der Waals surface area contributed by atoms with Gasteiger partial charge in [-0.3, -0.25) is 29.8 Å². The molecule has 5 rings (SSSR count). The Morgan fingerprint density at radius 1 is 1.18 bits per heavy atom. The van der Waals surface area contributed by atoms with Crippen LogP contribution in [-0.2, 0) is 26.3 Å². The molecule has 0 aliphatic carbocycles. The van der Waals surface area contributed by atoms with Crippen molar-refractivity contribution in [3.8, 4) is 5.75 Å². The molecule has 266 valence electrons. The number of aromatic amines is 1. The number of rotatable bonds is 10. The van der Waals surface area contributed by atoms with Crippen LogP contribution in [0, 0.1) is 12.7 Å². The average molecular weight is 700 g/mol. The molecule has 1 atom stereocenters. The summed E-state index contributed by atoms with van der Waals surface area (Å²) < 4.78 is 61.1. The van der Waals surface area contributed by atoms with Crippen LogP contribution >= 0.6 is 0 Å². The third-order valence-corrected chi connectivity index (χ3v) is 8.70. The number of nitrogens with two attached hydrogens (primary N) is 1. The van der Waals surface area contributed by atoms with Crippen molar-refractivity contribution in [3.05, 3.63) is 70.8 Å². The fourth-order valence-electron chi connectivity index (χ4n) is 5.47. The highest BCUT2D eigenvalue weighted by Gasteiger charge is 2.51. The molecular formula is C33H37F4N9O4. The summed E-state index contributed by atoms with van der Waals surface area (Å²) in [6.45, 7) is 4.56. The van der Waals surface area contributed by atoms with Crippen molar-refractivity contribution in [2.24, 2.45) is 10.7 Å². The summed E-state index contributed by atoms with van der Waals surface area (Å²) in [5, 5.41) is 10.9. The number of hydrogen-bond acceptors (Lipinski definition) is 10. The van der Waals surface area contributed by atoms with Gasteiger partial charge in [-0.15, -0.1) is 0 Å². The first-order chi connectivity index (χ1) is 23.7. The standard InChI is InChI=1S/C33H37F4N9O4/c1-18-12-22(50-21-8-10-46(11-9-21)28-24(34)13-19(15-40-28)23-5-7-27(47)43-30(23)49)4-6-25(18)39-16-20(14-38)29(48)41-17-26-42-31(45-44-26)32(2,3)33(35,36)37/h4,6,12-16,21,23H,5,7-11,17,38H2,1-3H3,(H,41,48)(H,42,44,45)(H,43,47,49)/b20-14+,39-16?. The Bertz CT molecular complexity index is 1810. The van der Waals surface area contributed by atoms with E-state index in [-0.39, 0.29) is 42.2 Å². The van der Waals surface area contributed by atoms with Gasteiger partial charge in [-0.05, 0) is 62.6 Å². The molecule has 1 unspecified atom stereocenters. The minimum absolute atomic E-state index is 0.0170.